The first-order chi connectivity index (χ1) is 13.5. The van der Waals surface area contributed by atoms with Crippen molar-refractivity contribution in [3.63, 3.8) is 0 Å². The molecule has 144 valence electrons. The molecular weight excluding hydrogens is 402 g/mol. The summed E-state index contributed by atoms with van der Waals surface area (Å²) >= 11 is 1.89. The second-order valence-corrected chi connectivity index (χ2v) is 8.25. The summed E-state index contributed by atoms with van der Waals surface area (Å²) in [5.41, 5.74) is 2.15. The third-order valence-electron chi connectivity index (χ3n) is 4.24. The van der Waals surface area contributed by atoms with Crippen LogP contribution < -0.4 is 0 Å². The van der Waals surface area contributed by atoms with E-state index in [1.54, 1.807) is 40.8 Å². The van der Waals surface area contributed by atoms with E-state index in [2.05, 4.69) is 9.97 Å². The molecule has 2 aromatic carbocycles. The molecule has 4 rings (SSSR count). The summed E-state index contributed by atoms with van der Waals surface area (Å²) in [6.07, 6.45) is 0. The summed E-state index contributed by atoms with van der Waals surface area (Å²) in [7, 11) is 1.69. The van der Waals surface area contributed by atoms with Crippen LogP contribution in [0.25, 0.3) is 21.3 Å². The van der Waals surface area contributed by atoms with Gasteiger partial charge in [0, 0.05) is 7.05 Å². The number of nitrogens with zero attached hydrogens (tertiary/aromatic N) is 4. The van der Waals surface area contributed by atoms with Gasteiger partial charge in [0.1, 0.15) is 11.6 Å². The molecular formula is C19H16F2N4OS2. The molecule has 9 heteroatoms. The van der Waals surface area contributed by atoms with Gasteiger partial charge in [-0.3, -0.25) is 4.79 Å². The monoisotopic (exact) mass is 418 g/mol. The zero-order chi connectivity index (χ0) is 19.7. The molecule has 1 amide bonds. The van der Waals surface area contributed by atoms with Crippen LogP contribution in [-0.4, -0.2) is 38.1 Å². The lowest BCUT2D eigenvalue weighted by molar-refractivity contribution is -0.131. The van der Waals surface area contributed by atoms with Crippen LogP contribution >= 0.6 is 23.1 Å². The Morgan fingerprint density at radius 2 is 1.86 bits per heavy atom. The summed E-state index contributed by atoms with van der Waals surface area (Å²) in [5.74, 6) is -2.80. The molecule has 0 unspecified atom stereocenters. The van der Waals surface area contributed by atoms with Gasteiger partial charge in [-0.2, -0.15) is 8.78 Å². The topological polar surface area (TPSA) is 51.0 Å². The number of benzene rings is 2. The Kier molecular flexibility index (Phi) is 5.27. The normalized spacial score (nSPS) is 11.6. The molecule has 0 aliphatic carbocycles. The highest BCUT2D eigenvalue weighted by atomic mass is 32.2. The van der Waals surface area contributed by atoms with Gasteiger partial charge in [-0.1, -0.05) is 24.3 Å². The first-order valence-electron chi connectivity index (χ1n) is 8.50. The second kappa shape index (κ2) is 7.84. The highest BCUT2D eigenvalue weighted by Gasteiger charge is 2.20. The zero-order valence-electron chi connectivity index (χ0n) is 14.9. The van der Waals surface area contributed by atoms with Gasteiger partial charge in [0.15, 0.2) is 5.16 Å². The van der Waals surface area contributed by atoms with Gasteiger partial charge in [0.25, 0.3) is 5.76 Å². The molecule has 0 N–H and O–H groups in total. The van der Waals surface area contributed by atoms with E-state index < -0.39 is 5.76 Å². The molecule has 0 aliphatic rings. The van der Waals surface area contributed by atoms with E-state index in [0.29, 0.717) is 29.3 Å². The molecule has 0 aliphatic heterocycles. The van der Waals surface area contributed by atoms with E-state index in [1.165, 1.54) is 11.3 Å². The number of alkyl halides is 2. The quantitative estimate of drug-likeness (QED) is 0.429. The number of hydrogen-bond acceptors (Lipinski definition) is 5. The first kappa shape index (κ1) is 18.8. The van der Waals surface area contributed by atoms with E-state index >= 15 is 0 Å². The number of thiazole rings is 1. The van der Waals surface area contributed by atoms with E-state index in [-0.39, 0.29) is 17.6 Å². The minimum atomic E-state index is -2.61. The number of amides is 1. The van der Waals surface area contributed by atoms with Crippen LogP contribution in [-0.2, 0) is 17.9 Å². The smallest absolute Gasteiger partial charge is 0.291 e. The maximum atomic E-state index is 12.9. The minimum Gasteiger partial charge on any atom is -0.337 e. The first-order valence-corrected chi connectivity index (χ1v) is 10.2. The molecule has 0 saturated carbocycles. The fourth-order valence-corrected chi connectivity index (χ4v) is 4.53. The summed E-state index contributed by atoms with van der Waals surface area (Å²) < 4.78 is 28.5. The van der Waals surface area contributed by atoms with E-state index in [0.717, 1.165) is 15.2 Å². The average Bonchev–Trinajstić information content (AvgIpc) is 3.22. The summed E-state index contributed by atoms with van der Waals surface area (Å²) in [6, 6.07) is 14.9. The van der Waals surface area contributed by atoms with Crippen molar-refractivity contribution in [1.29, 1.82) is 0 Å². The maximum absolute atomic E-state index is 12.9. The highest BCUT2D eigenvalue weighted by Crippen LogP contribution is 2.29. The second-order valence-electron chi connectivity index (χ2n) is 6.17. The molecule has 2 aromatic heterocycles. The number of carbonyl (C=O) groups excluding carboxylic acids is 1. The van der Waals surface area contributed by atoms with Crippen molar-refractivity contribution in [3.05, 3.63) is 53.5 Å². The molecule has 0 spiro atoms. The Morgan fingerprint density at radius 1 is 1.14 bits per heavy atom. The fraction of sp³-hybridized carbons (Fsp3) is 0.211. The van der Waals surface area contributed by atoms with Crippen molar-refractivity contribution in [3.8, 4) is 0 Å². The van der Waals surface area contributed by atoms with Crippen LogP contribution in [0.1, 0.15) is 5.01 Å². The van der Waals surface area contributed by atoms with Gasteiger partial charge in [0.05, 0.1) is 27.8 Å². The Hall–Kier alpha value is -2.52. The largest absolute Gasteiger partial charge is 0.337 e. The van der Waals surface area contributed by atoms with Gasteiger partial charge in [0.2, 0.25) is 5.91 Å². The molecule has 0 saturated heterocycles. The average molecular weight is 418 g/mol. The Labute approximate surface area is 168 Å². The van der Waals surface area contributed by atoms with Gasteiger partial charge in [-0.15, -0.1) is 11.3 Å². The number of hydrogen-bond donors (Lipinski definition) is 0. The van der Waals surface area contributed by atoms with Crippen LogP contribution in [0.3, 0.4) is 0 Å². The van der Waals surface area contributed by atoms with Crippen LogP contribution in [0, 0.1) is 0 Å². The SMILES string of the molecule is CN(Cc1nc2ccccc2s1)C(=O)Cn1c(SC(F)F)nc2ccccc21. The number of aromatic nitrogens is 3. The molecule has 2 heterocycles. The fourth-order valence-electron chi connectivity index (χ4n) is 2.91. The molecule has 0 fully saturated rings. The highest BCUT2D eigenvalue weighted by molar-refractivity contribution is 7.99. The lowest BCUT2D eigenvalue weighted by atomic mass is 10.3. The van der Waals surface area contributed by atoms with Gasteiger partial charge < -0.3 is 9.47 Å². The number of imidazole rings is 1. The Morgan fingerprint density at radius 3 is 2.61 bits per heavy atom. The number of rotatable bonds is 6. The van der Waals surface area contributed by atoms with E-state index in [9.17, 15) is 13.6 Å². The number of halogens is 2. The third kappa shape index (κ3) is 3.85. The van der Waals surface area contributed by atoms with Gasteiger partial charge in [-0.05, 0) is 36.0 Å². The zero-order valence-corrected chi connectivity index (χ0v) is 16.5. The van der Waals surface area contributed by atoms with Crippen molar-refractivity contribution in [2.75, 3.05) is 7.05 Å². The van der Waals surface area contributed by atoms with Gasteiger partial charge in [-0.25, -0.2) is 9.97 Å². The molecule has 0 bridgehead atoms. The maximum Gasteiger partial charge on any atom is 0.291 e. The number of likely N-dealkylation sites (N-methyl/N-ethyl adjacent to an activating group) is 1. The molecule has 0 atom stereocenters. The molecule has 4 aromatic rings. The minimum absolute atomic E-state index is 0.0586. The van der Waals surface area contributed by atoms with Crippen LogP contribution in [0.2, 0.25) is 0 Å². The Bertz CT molecular complexity index is 1110. The predicted molar refractivity (Wildman–Crippen MR) is 108 cm³/mol. The van der Waals surface area contributed by atoms with Crippen molar-refractivity contribution < 1.29 is 13.6 Å². The summed E-state index contributed by atoms with van der Waals surface area (Å²) in [4.78, 5) is 23.1. The van der Waals surface area contributed by atoms with E-state index in [4.69, 9.17) is 0 Å². The summed E-state index contributed by atoms with van der Waals surface area (Å²) in [5, 5.41) is 0.965. The molecule has 5 nitrogen and oxygen atoms in total. The van der Waals surface area contributed by atoms with Crippen LogP contribution in [0.4, 0.5) is 8.78 Å². The summed E-state index contributed by atoms with van der Waals surface area (Å²) in [6.45, 7) is 0.305. The van der Waals surface area contributed by atoms with Crippen molar-refractivity contribution in [1.82, 2.24) is 19.4 Å². The standard InChI is InChI=1S/C19H16F2N4OS2/c1-24(10-16-22-13-7-3-5-9-15(13)27-16)17(26)11-25-14-8-4-2-6-12(14)23-19(25)28-18(20)21/h2-9,18H,10-11H2,1H3. The van der Waals surface area contributed by atoms with Crippen LogP contribution in [0.5, 0.6) is 0 Å². The number of fused-ring (bicyclic) bond motifs is 2. The number of para-hydroxylation sites is 3. The third-order valence-corrected chi connectivity index (χ3v) is 5.97. The van der Waals surface area contributed by atoms with Crippen molar-refractivity contribution in [2.45, 2.75) is 24.0 Å². The van der Waals surface area contributed by atoms with Crippen molar-refractivity contribution in [2.24, 2.45) is 0 Å². The lowest BCUT2D eigenvalue weighted by Crippen LogP contribution is -2.30. The van der Waals surface area contributed by atoms with Gasteiger partial charge >= 0.3 is 0 Å². The predicted octanol–water partition coefficient (Wildman–Crippen LogP) is 4.62. The molecule has 0 radical (unpaired) electrons. The molecule has 28 heavy (non-hydrogen) atoms. The number of carbonyl (C=O) groups is 1. The van der Waals surface area contributed by atoms with Crippen LogP contribution in [0.15, 0.2) is 53.7 Å². The van der Waals surface area contributed by atoms with Crippen molar-refractivity contribution >= 4 is 50.3 Å². The van der Waals surface area contributed by atoms with E-state index in [1.807, 2.05) is 24.3 Å². The lowest BCUT2D eigenvalue weighted by Gasteiger charge is -2.17. The Balaban J connectivity index is 1.55. The number of thioether (sulfide) groups is 1.